The van der Waals surface area contributed by atoms with Crippen molar-refractivity contribution in [2.75, 3.05) is 19.8 Å². The Morgan fingerprint density at radius 3 is 2.60 bits per heavy atom. The lowest BCUT2D eigenvalue weighted by Crippen LogP contribution is -2.37. The molecule has 110 valence electrons. The van der Waals surface area contributed by atoms with Crippen molar-refractivity contribution in [3.8, 4) is 11.5 Å². The van der Waals surface area contributed by atoms with Gasteiger partial charge in [-0.15, -0.1) is 0 Å². The minimum atomic E-state index is -0.767. The van der Waals surface area contributed by atoms with Crippen LogP contribution < -0.4 is 14.8 Å². The third-order valence-electron chi connectivity index (χ3n) is 3.09. The number of hydrogen-bond donors (Lipinski definition) is 2. The van der Waals surface area contributed by atoms with Gasteiger partial charge in [0, 0.05) is 12.0 Å². The first-order valence-corrected chi connectivity index (χ1v) is 6.74. The van der Waals surface area contributed by atoms with Gasteiger partial charge in [0.05, 0.1) is 6.10 Å². The number of aliphatic hydroxyl groups is 1. The van der Waals surface area contributed by atoms with Crippen LogP contribution in [0.25, 0.3) is 0 Å². The molecule has 5 heteroatoms. The number of hydrogen-bond acceptors (Lipinski definition) is 4. The molecular formula is C15H21NO4. The highest BCUT2D eigenvalue weighted by Crippen LogP contribution is 2.32. The molecule has 1 unspecified atom stereocenters. The molecule has 1 atom stereocenters. The van der Waals surface area contributed by atoms with Gasteiger partial charge in [-0.1, -0.05) is 26.8 Å². The van der Waals surface area contributed by atoms with E-state index in [2.05, 4.69) is 5.32 Å². The second kappa shape index (κ2) is 5.71. The van der Waals surface area contributed by atoms with Gasteiger partial charge in [-0.25, -0.2) is 0 Å². The fourth-order valence-electron chi connectivity index (χ4n) is 1.84. The van der Waals surface area contributed by atoms with Crippen LogP contribution >= 0.6 is 0 Å². The molecule has 2 N–H and O–H groups in total. The summed E-state index contributed by atoms with van der Waals surface area (Å²) >= 11 is 0. The van der Waals surface area contributed by atoms with E-state index in [0.717, 1.165) is 0 Å². The Balaban J connectivity index is 1.99. The van der Waals surface area contributed by atoms with Gasteiger partial charge in [-0.05, 0) is 17.7 Å². The molecule has 5 nitrogen and oxygen atoms in total. The Labute approximate surface area is 118 Å². The number of nitrogens with one attached hydrogen (secondary N) is 1. The summed E-state index contributed by atoms with van der Waals surface area (Å²) < 4.78 is 10.9. The maximum absolute atomic E-state index is 11.8. The predicted octanol–water partition coefficient (Wildman–Crippen LogP) is 1.65. The van der Waals surface area contributed by atoms with Crippen molar-refractivity contribution in [3.63, 3.8) is 0 Å². The Morgan fingerprint density at radius 1 is 1.30 bits per heavy atom. The molecule has 1 aromatic rings. The third kappa shape index (κ3) is 3.42. The highest BCUT2D eigenvalue weighted by atomic mass is 16.6. The van der Waals surface area contributed by atoms with Gasteiger partial charge in [0.2, 0.25) is 5.91 Å². The zero-order valence-corrected chi connectivity index (χ0v) is 12.1. The summed E-state index contributed by atoms with van der Waals surface area (Å²) in [4.78, 5) is 11.8. The van der Waals surface area contributed by atoms with Gasteiger partial charge in [-0.2, -0.15) is 0 Å². The van der Waals surface area contributed by atoms with Gasteiger partial charge < -0.3 is 19.9 Å². The number of rotatable bonds is 3. The standard InChI is InChI=1S/C15H21NO4/c1-15(2,3)14(18)16-9-11(17)10-4-5-12-13(8-10)20-7-6-19-12/h4-5,8,11,17H,6-7,9H2,1-3H3,(H,16,18). The van der Waals surface area contributed by atoms with Crippen LogP contribution in [-0.4, -0.2) is 30.8 Å². The maximum atomic E-state index is 11.8. The van der Waals surface area contributed by atoms with Crippen LogP contribution in [0.2, 0.25) is 0 Å². The molecule has 1 aromatic carbocycles. The fraction of sp³-hybridized carbons (Fsp3) is 0.533. The predicted molar refractivity (Wildman–Crippen MR) is 74.9 cm³/mol. The normalized spacial score (nSPS) is 15.6. The second-order valence-electron chi connectivity index (χ2n) is 5.88. The first kappa shape index (κ1) is 14.7. The van der Waals surface area contributed by atoms with E-state index in [1.807, 2.05) is 20.8 Å². The zero-order chi connectivity index (χ0) is 14.8. The Bertz CT molecular complexity index is 493. The summed E-state index contributed by atoms with van der Waals surface area (Å²) in [6.45, 7) is 6.72. The van der Waals surface area contributed by atoms with Crippen molar-refractivity contribution in [2.24, 2.45) is 5.41 Å². The molecule has 0 saturated carbocycles. The van der Waals surface area contributed by atoms with E-state index < -0.39 is 11.5 Å². The molecule has 1 aliphatic rings. The van der Waals surface area contributed by atoms with Crippen LogP contribution in [0.4, 0.5) is 0 Å². The molecule has 0 saturated heterocycles. The second-order valence-corrected chi connectivity index (χ2v) is 5.88. The van der Waals surface area contributed by atoms with Gasteiger partial charge in [0.1, 0.15) is 13.2 Å². The quantitative estimate of drug-likeness (QED) is 0.883. The molecule has 1 amide bonds. The largest absolute Gasteiger partial charge is 0.486 e. The molecule has 2 rings (SSSR count). The van der Waals surface area contributed by atoms with E-state index in [4.69, 9.17) is 9.47 Å². The van der Waals surface area contributed by atoms with Crippen LogP contribution in [0, 0.1) is 5.41 Å². The summed E-state index contributed by atoms with van der Waals surface area (Å²) in [5, 5.41) is 12.9. The summed E-state index contributed by atoms with van der Waals surface area (Å²) in [5.41, 5.74) is 0.232. The average molecular weight is 279 g/mol. The summed E-state index contributed by atoms with van der Waals surface area (Å²) in [7, 11) is 0. The van der Waals surface area contributed by atoms with E-state index >= 15 is 0 Å². The topological polar surface area (TPSA) is 67.8 Å². The monoisotopic (exact) mass is 279 g/mol. The third-order valence-corrected chi connectivity index (χ3v) is 3.09. The number of fused-ring (bicyclic) bond motifs is 1. The number of aliphatic hydroxyl groups excluding tert-OH is 1. The SMILES string of the molecule is CC(C)(C)C(=O)NCC(O)c1ccc2c(c1)OCCO2. The molecule has 0 fully saturated rings. The van der Waals surface area contributed by atoms with Gasteiger partial charge in [0.25, 0.3) is 0 Å². The summed E-state index contributed by atoms with van der Waals surface area (Å²) in [5.74, 6) is 1.23. The van der Waals surface area contributed by atoms with E-state index in [-0.39, 0.29) is 12.5 Å². The zero-order valence-electron chi connectivity index (χ0n) is 12.1. The van der Waals surface area contributed by atoms with Crippen molar-refractivity contribution in [3.05, 3.63) is 23.8 Å². The minimum Gasteiger partial charge on any atom is -0.486 e. The smallest absolute Gasteiger partial charge is 0.225 e. The molecule has 0 bridgehead atoms. The number of benzene rings is 1. The van der Waals surface area contributed by atoms with Crippen molar-refractivity contribution < 1.29 is 19.4 Å². The van der Waals surface area contributed by atoms with Crippen LogP contribution in [0.15, 0.2) is 18.2 Å². The van der Waals surface area contributed by atoms with Gasteiger partial charge in [-0.3, -0.25) is 4.79 Å². The number of amides is 1. The molecule has 1 heterocycles. The molecule has 0 aliphatic carbocycles. The Kier molecular flexibility index (Phi) is 4.18. The molecule has 0 spiro atoms. The molecule has 1 aliphatic heterocycles. The van der Waals surface area contributed by atoms with Crippen molar-refractivity contribution >= 4 is 5.91 Å². The van der Waals surface area contributed by atoms with Crippen molar-refractivity contribution in [1.82, 2.24) is 5.32 Å². The Hall–Kier alpha value is -1.75. The number of ether oxygens (including phenoxy) is 2. The average Bonchev–Trinajstić information content (AvgIpc) is 2.42. The minimum absolute atomic E-state index is 0.0888. The van der Waals surface area contributed by atoms with Crippen LogP contribution in [-0.2, 0) is 4.79 Å². The highest BCUT2D eigenvalue weighted by Gasteiger charge is 2.22. The van der Waals surface area contributed by atoms with Gasteiger partial charge in [0.15, 0.2) is 11.5 Å². The Morgan fingerprint density at radius 2 is 1.95 bits per heavy atom. The molecule has 0 aromatic heterocycles. The van der Waals surface area contributed by atoms with E-state index in [1.165, 1.54) is 0 Å². The van der Waals surface area contributed by atoms with E-state index in [9.17, 15) is 9.90 Å². The number of carbonyl (C=O) groups excluding carboxylic acids is 1. The molecule has 20 heavy (non-hydrogen) atoms. The molecule has 0 radical (unpaired) electrons. The fourth-order valence-corrected chi connectivity index (χ4v) is 1.84. The van der Waals surface area contributed by atoms with Crippen LogP contribution in [0.5, 0.6) is 11.5 Å². The van der Waals surface area contributed by atoms with Crippen molar-refractivity contribution in [1.29, 1.82) is 0 Å². The summed E-state index contributed by atoms with van der Waals surface area (Å²) in [6.07, 6.45) is -0.767. The van der Waals surface area contributed by atoms with E-state index in [1.54, 1.807) is 18.2 Å². The highest BCUT2D eigenvalue weighted by molar-refractivity contribution is 5.81. The van der Waals surface area contributed by atoms with Crippen LogP contribution in [0.1, 0.15) is 32.4 Å². The van der Waals surface area contributed by atoms with Crippen molar-refractivity contribution in [2.45, 2.75) is 26.9 Å². The maximum Gasteiger partial charge on any atom is 0.225 e. The lowest BCUT2D eigenvalue weighted by atomic mass is 9.95. The molecular weight excluding hydrogens is 258 g/mol. The van der Waals surface area contributed by atoms with E-state index in [0.29, 0.717) is 30.3 Å². The number of carbonyl (C=O) groups is 1. The lowest BCUT2D eigenvalue weighted by molar-refractivity contribution is -0.128. The van der Waals surface area contributed by atoms with Gasteiger partial charge >= 0.3 is 0 Å². The van der Waals surface area contributed by atoms with Crippen LogP contribution in [0.3, 0.4) is 0 Å². The summed E-state index contributed by atoms with van der Waals surface area (Å²) in [6, 6.07) is 5.31. The first-order chi connectivity index (χ1) is 9.38. The first-order valence-electron chi connectivity index (χ1n) is 6.74. The lowest BCUT2D eigenvalue weighted by Gasteiger charge is -2.22.